The lowest BCUT2D eigenvalue weighted by atomic mass is 9.96. The molecular formula is C14H10FNO4. The highest BCUT2D eigenvalue weighted by Crippen LogP contribution is 2.30. The summed E-state index contributed by atoms with van der Waals surface area (Å²) < 4.78 is 13.8. The van der Waals surface area contributed by atoms with Gasteiger partial charge in [0.1, 0.15) is 5.82 Å². The molecule has 2 aromatic rings. The third-order valence-corrected chi connectivity index (χ3v) is 2.81. The second-order valence-electron chi connectivity index (χ2n) is 4.15. The van der Waals surface area contributed by atoms with Crippen molar-refractivity contribution < 1.29 is 19.2 Å². The second kappa shape index (κ2) is 5.48. The zero-order valence-electron chi connectivity index (χ0n) is 10.2. The average molecular weight is 275 g/mol. The number of nitro groups is 1. The normalized spacial score (nSPS) is 10.2. The molecule has 102 valence electrons. The van der Waals surface area contributed by atoms with Gasteiger partial charge in [-0.3, -0.25) is 14.9 Å². The molecule has 0 fully saturated rings. The Morgan fingerprint density at radius 2 is 1.90 bits per heavy atom. The molecule has 5 nitrogen and oxygen atoms in total. The van der Waals surface area contributed by atoms with E-state index < -0.39 is 16.7 Å². The van der Waals surface area contributed by atoms with Crippen molar-refractivity contribution in [2.45, 2.75) is 6.42 Å². The predicted octanol–water partition coefficient (Wildman–Crippen LogP) is 3.03. The maximum Gasteiger partial charge on any atom is 0.307 e. The Kier molecular flexibility index (Phi) is 3.74. The van der Waals surface area contributed by atoms with E-state index in [9.17, 15) is 19.3 Å². The van der Waals surface area contributed by atoms with Gasteiger partial charge >= 0.3 is 5.97 Å². The van der Waals surface area contributed by atoms with Gasteiger partial charge in [-0.2, -0.15) is 0 Å². The van der Waals surface area contributed by atoms with Crippen molar-refractivity contribution in [1.29, 1.82) is 0 Å². The summed E-state index contributed by atoms with van der Waals surface area (Å²) in [5, 5.41) is 19.7. The molecular weight excluding hydrogens is 265 g/mol. The van der Waals surface area contributed by atoms with Crippen molar-refractivity contribution in [2.75, 3.05) is 0 Å². The zero-order valence-corrected chi connectivity index (χ0v) is 10.2. The van der Waals surface area contributed by atoms with Gasteiger partial charge in [-0.25, -0.2) is 4.39 Å². The molecule has 6 heteroatoms. The summed E-state index contributed by atoms with van der Waals surface area (Å²) in [4.78, 5) is 21.0. The Morgan fingerprint density at radius 3 is 2.50 bits per heavy atom. The minimum atomic E-state index is -1.09. The van der Waals surface area contributed by atoms with Gasteiger partial charge in [-0.1, -0.05) is 24.3 Å². The van der Waals surface area contributed by atoms with Gasteiger partial charge in [0.25, 0.3) is 5.69 Å². The highest BCUT2D eigenvalue weighted by molar-refractivity contribution is 5.78. The fourth-order valence-corrected chi connectivity index (χ4v) is 1.93. The van der Waals surface area contributed by atoms with E-state index in [1.54, 1.807) is 6.07 Å². The third kappa shape index (κ3) is 2.80. The number of carbonyl (C=O) groups is 1. The number of rotatable bonds is 4. The van der Waals surface area contributed by atoms with E-state index >= 15 is 0 Å². The maximum absolute atomic E-state index is 13.8. The van der Waals surface area contributed by atoms with Gasteiger partial charge in [-0.15, -0.1) is 0 Å². The highest BCUT2D eigenvalue weighted by Gasteiger charge is 2.16. The van der Waals surface area contributed by atoms with Gasteiger partial charge in [0, 0.05) is 17.7 Å². The van der Waals surface area contributed by atoms with E-state index in [0.717, 1.165) is 0 Å². The van der Waals surface area contributed by atoms with E-state index in [-0.39, 0.29) is 23.2 Å². The van der Waals surface area contributed by atoms with Crippen LogP contribution in [-0.4, -0.2) is 16.0 Å². The molecule has 2 aromatic carbocycles. The molecule has 0 bridgehead atoms. The number of carboxylic acids is 1. The van der Waals surface area contributed by atoms with Crippen LogP contribution in [0.2, 0.25) is 0 Å². The van der Waals surface area contributed by atoms with E-state index in [0.29, 0.717) is 5.56 Å². The molecule has 0 saturated carbocycles. The van der Waals surface area contributed by atoms with E-state index in [2.05, 4.69) is 0 Å². The average Bonchev–Trinajstić information content (AvgIpc) is 2.39. The van der Waals surface area contributed by atoms with Gasteiger partial charge in [-0.05, 0) is 17.2 Å². The van der Waals surface area contributed by atoms with Crippen LogP contribution in [0, 0.1) is 15.9 Å². The van der Waals surface area contributed by atoms with Crippen molar-refractivity contribution in [3.8, 4) is 11.1 Å². The summed E-state index contributed by atoms with van der Waals surface area (Å²) in [6.45, 7) is 0. The largest absolute Gasteiger partial charge is 0.481 e. The molecule has 0 saturated heterocycles. The van der Waals surface area contributed by atoms with E-state index in [4.69, 9.17) is 5.11 Å². The van der Waals surface area contributed by atoms with Crippen LogP contribution in [0.1, 0.15) is 5.56 Å². The Bertz CT molecular complexity index is 685. The molecule has 0 atom stereocenters. The SMILES string of the molecule is O=C(O)Cc1ccc([N+](=O)[O-])cc1-c1ccccc1F. The van der Waals surface area contributed by atoms with Crippen LogP contribution in [0.4, 0.5) is 10.1 Å². The highest BCUT2D eigenvalue weighted by atomic mass is 19.1. The molecule has 0 radical (unpaired) electrons. The number of nitro benzene ring substituents is 1. The monoisotopic (exact) mass is 275 g/mol. The van der Waals surface area contributed by atoms with Crippen molar-refractivity contribution in [1.82, 2.24) is 0 Å². The molecule has 20 heavy (non-hydrogen) atoms. The lowest BCUT2D eigenvalue weighted by molar-refractivity contribution is -0.384. The Morgan fingerprint density at radius 1 is 1.20 bits per heavy atom. The minimum absolute atomic E-state index is 0.146. The smallest absolute Gasteiger partial charge is 0.307 e. The quantitative estimate of drug-likeness (QED) is 0.687. The van der Waals surface area contributed by atoms with Gasteiger partial charge in [0.15, 0.2) is 0 Å². The molecule has 0 aliphatic heterocycles. The number of halogens is 1. The summed E-state index contributed by atoms with van der Waals surface area (Å²) in [6.07, 6.45) is -0.332. The number of non-ortho nitro benzene ring substituents is 1. The standard InChI is InChI=1S/C14H10FNO4/c15-13-4-2-1-3-11(13)12-8-10(16(19)20)6-5-9(12)7-14(17)18/h1-6,8H,7H2,(H,17,18). The van der Waals surface area contributed by atoms with Crippen molar-refractivity contribution >= 4 is 11.7 Å². The van der Waals surface area contributed by atoms with Crippen LogP contribution >= 0.6 is 0 Å². The molecule has 0 heterocycles. The van der Waals surface area contributed by atoms with E-state index in [1.807, 2.05) is 0 Å². The Hall–Kier alpha value is -2.76. The minimum Gasteiger partial charge on any atom is -0.481 e. The summed E-state index contributed by atoms with van der Waals surface area (Å²) >= 11 is 0. The molecule has 0 aliphatic rings. The number of nitrogens with zero attached hydrogens (tertiary/aromatic N) is 1. The second-order valence-corrected chi connectivity index (χ2v) is 4.15. The molecule has 1 N–H and O–H groups in total. The molecule has 0 spiro atoms. The first kappa shape index (κ1) is 13.7. The zero-order chi connectivity index (χ0) is 14.7. The van der Waals surface area contributed by atoms with E-state index in [1.165, 1.54) is 36.4 Å². The fraction of sp³-hybridized carbons (Fsp3) is 0.0714. The van der Waals surface area contributed by atoms with Gasteiger partial charge < -0.3 is 5.11 Å². The van der Waals surface area contributed by atoms with Crippen LogP contribution in [-0.2, 0) is 11.2 Å². The fourth-order valence-electron chi connectivity index (χ4n) is 1.93. The first-order valence-corrected chi connectivity index (χ1v) is 5.73. The molecule has 0 aliphatic carbocycles. The Labute approximate surface area is 113 Å². The van der Waals surface area contributed by atoms with Crippen LogP contribution in [0.5, 0.6) is 0 Å². The Balaban J connectivity index is 2.63. The first-order chi connectivity index (χ1) is 9.49. The van der Waals surface area contributed by atoms with Crippen molar-refractivity contribution in [3.63, 3.8) is 0 Å². The lowest BCUT2D eigenvalue weighted by Crippen LogP contribution is -2.03. The first-order valence-electron chi connectivity index (χ1n) is 5.73. The summed E-state index contributed by atoms with van der Waals surface area (Å²) in [5.74, 6) is -1.64. The summed E-state index contributed by atoms with van der Waals surface area (Å²) in [7, 11) is 0. The topological polar surface area (TPSA) is 80.4 Å². The number of aliphatic carboxylic acids is 1. The molecule has 0 unspecified atom stereocenters. The van der Waals surface area contributed by atoms with Crippen LogP contribution in [0.25, 0.3) is 11.1 Å². The molecule has 2 rings (SSSR count). The number of benzene rings is 2. The molecule has 0 aromatic heterocycles. The number of hydrogen-bond donors (Lipinski definition) is 1. The van der Waals surface area contributed by atoms with Crippen LogP contribution in [0.3, 0.4) is 0 Å². The van der Waals surface area contributed by atoms with Crippen LogP contribution in [0.15, 0.2) is 42.5 Å². The van der Waals surface area contributed by atoms with Crippen LogP contribution < -0.4 is 0 Å². The number of carboxylic acid groups (broad SMARTS) is 1. The van der Waals surface area contributed by atoms with Gasteiger partial charge in [0.2, 0.25) is 0 Å². The predicted molar refractivity (Wildman–Crippen MR) is 69.8 cm³/mol. The third-order valence-electron chi connectivity index (χ3n) is 2.81. The van der Waals surface area contributed by atoms with Crippen molar-refractivity contribution in [2.24, 2.45) is 0 Å². The number of hydrogen-bond acceptors (Lipinski definition) is 3. The summed E-state index contributed by atoms with van der Waals surface area (Å²) in [6, 6.07) is 9.50. The van der Waals surface area contributed by atoms with Crippen molar-refractivity contribution in [3.05, 3.63) is 64.0 Å². The summed E-state index contributed by atoms with van der Waals surface area (Å²) in [5.41, 5.74) is 0.484. The molecule has 0 amide bonds. The van der Waals surface area contributed by atoms with Gasteiger partial charge in [0.05, 0.1) is 11.3 Å². The lowest BCUT2D eigenvalue weighted by Gasteiger charge is -2.09. The maximum atomic E-state index is 13.8.